The van der Waals surface area contributed by atoms with Gasteiger partial charge in [-0.25, -0.2) is 4.79 Å². The quantitative estimate of drug-likeness (QED) is 0.673. The maximum Gasteiger partial charge on any atom is 0.335 e. The van der Waals surface area contributed by atoms with E-state index in [1.54, 1.807) is 31.2 Å². The lowest BCUT2D eigenvalue weighted by Crippen LogP contribution is -2.01. The Labute approximate surface area is 120 Å². The van der Waals surface area contributed by atoms with Gasteiger partial charge in [0.2, 0.25) is 0 Å². The molecule has 0 aliphatic carbocycles. The number of nitrogens with zero attached hydrogens (tertiary/aromatic N) is 1. The summed E-state index contributed by atoms with van der Waals surface area (Å²) >= 11 is 0. The maximum absolute atomic E-state index is 10.9. The number of benzene rings is 2. The van der Waals surface area contributed by atoms with Gasteiger partial charge in [-0.1, -0.05) is 0 Å². The second-order valence-electron chi connectivity index (χ2n) is 4.49. The second-order valence-corrected chi connectivity index (χ2v) is 4.49. The van der Waals surface area contributed by atoms with Crippen LogP contribution in [0.1, 0.15) is 21.5 Å². The van der Waals surface area contributed by atoms with Crippen LogP contribution in [0.25, 0.3) is 0 Å². The molecular weight excluding hydrogens is 274 g/mol. The molecule has 0 spiro atoms. The molecule has 0 amide bonds. The van der Waals surface area contributed by atoms with E-state index >= 15 is 0 Å². The molecule has 2 aromatic rings. The fourth-order valence-electron chi connectivity index (χ4n) is 1.85. The van der Waals surface area contributed by atoms with E-state index in [0.29, 0.717) is 11.3 Å². The number of nitro benzene ring substituents is 1. The van der Waals surface area contributed by atoms with Gasteiger partial charge in [0, 0.05) is 12.1 Å². The van der Waals surface area contributed by atoms with E-state index in [9.17, 15) is 14.9 Å². The van der Waals surface area contributed by atoms with E-state index in [0.717, 1.165) is 5.56 Å². The molecule has 6 nitrogen and oxygen atoms in total. The number of carboxylic acids is 1. The molecule has 2 rings (SSSR count). The van der Waals surface area contributed by atoms with E-state index in [1.165, 1.54) is 18.2 Å². The summed E-state index contributed by atoms with van der Waals surface area (Å²) in [5.41, 5.74) is 1.67. The zero-order chi connectivity index (χ0) is 15.4. The lowest BCUT2D eigenvalue weighted by molar-refractivity contribution is -0.384. The molecule has 1 N–H and O–H groups in total. The van der Waals surface area contributed by atoms with Crippen molar-refractivity contribution in [2.75, 3.05) is 0 Å². The van der Waals surface area contributed by atoms with Crippen molar-refractivity contribution in [3.63, 3.8) is 0 Å². The number of non-ortho nitro benzene ring substituents is 1. The van der Waals surface area contributed by atoms with Gasteiger partial charge in [0.25, 0.3) is 5.69 Å². The second kappa shape index (κ2) is 6.04. The van der Waals surface area contributed by atoms with Crippen molar-refractivity contribution in [2.24, 2.45) is 0 Å². The normalized spacial score (nSPS) is 10.1. The number of carboxylic acid groups (broad SMARTS) is 1. The predicted molar refractivity (Wildman–Crippen MR) is 75.6 cm³/mol. The van der Waals surface area contributed by atoms with E-state index in [2.05, 4.69) is 0 Å². The molecule has 108 valence electrons. The van der Waals surface area contributed by atoms with Gasteiger partial charge in [-0.15, -0.1) is 0 Å². The van der Waals surface area contributed by atoms with Crippen molar-refractivity contribution in [3.8, 4) is 5.75 Å². The Bertz CT molecular complexity index is 679. The zero-order valence-electron chi connectivity index (χ0n) is 11.3. The number of hydrogen-bond donors (Lipinski definition) is 1. The lowest BCUT2D eigenvalue weighted by Gasteiger charge is -2.08. The van der Waals surface area contributed by atoms with E-state index < -0.39 is 10.9 Å². The summed E-state index contributed by atoms with van der Waals surface area (Å²) in [7, 11) is 0. The number of ether oxygens (including phenoxy) is 1. The van der Waals surface area contributed by atoms with Gasteiger partial charge in [0.15, 0.2) is 0 Å². The Kier molecular flexibility index (Phi) is 4.18. The van der Waals surface area contributed by atoms with Gasteiger partial charge in [-0.2, -0.15) is 0 Å². The maximum atomic E-state index is 10.9. The highest BCUT2D eigenvalue weighted by atomic mass is 16.6. The van der Waals surface area contributed by atoms with Gasteiger partial charge in [-0.3, -0.25) is 10.1 Å². The first-order chi connectivity index (χ1) is 9.97. The van der Waals surface area contributed by atoms with Crippen molar-refractivity contribution in [2.45, 2.75) is 13.5 Å². The van der Waals surface area contributed by atoms with Crippen molar-refractivity contribution < 1.29 is 19.6 Å². The molecule has 0 aliphatic heterocycles. The number of aromatic carboxylic acids is 1. The summed E-state index contributed by atoms with van der Waals surface area (Å²) < 4.78 is 5.55. The molecule has 2 aromatic carbocycles. The van der Waals surface area contributed by atoms with Crippen LogP contribution in [0, 0.1) is 17.0 Å². The monoisotopic (exact) mass is 287 g/mol. The minimum absolute atomic E-state index is 0.0282. The highest BCUT2D eigenvalue weighted by Crippen LogP contribution is 2.19. The van der Waals surface area contributed by atoms with Gasteiger partial charge in [0.05, 0.1) is 10.5 Å². The minimum atomic E-state index is -0.977. The fraction of sp³-hybridized carbons (Fsp3) is 0.133. The molecule has 0 unspecified atom stereocenters. The molecule has 6 heteroatoms. The van der Waals surface area contributed by atoms with Crippen molar-refractivity contribution in [1.29, 1.82) is 0 Å². The molecule has 0 saturated heterocycles. The van der Waals surface area contributed by atoms with Crippen LogP contribution < -0.4 is 4.74 Å². The first-order valence-corrected chi connectivity index (χ1v) is 6.17. The van der Waals surface area contributed by atoms with Gasteiger partial charge in [-0.05, 0) is 48.4 Å². The van der Waals surface area contributed by atoms with E-state index in [-0.39, 0.29) is 17.9 Å². The summed E-state index contributed by atoms with van der Waals surface area (Å²) in [5, 5.41) is 19.5. The highest BCUT2D eigenvalue weighted by Gasteiger charge is 2.08. The highest BCUT2D eigenvalue weighted by molar-refractivity contribution is 5.89. The number of aryl methyl sites for hydroxylation is 1. The molecule has 0 heterocycles. The first-order valence-electron chi connectivity index (χ1n) is 6.17. The lowest BCUT2D eigenvalue weighted by atomic mass is 10.1. The molecule has 0 atom stereocenters. The Hall–Kier alpha value is -2.89. The minimum Gasteiger partial charge on any atom is -0.489 e. The molecule has 0 aromatic heterocycles. The fourth-order valence-corrected chi connectivity index (χ4v) is 1.85. The smallest absolute Gasteiger partial charge is 0.335 e. The average molecular weight is 287 g/mol. The van der Waals surface area contributed by atoms with Gasteiger partial charge >= 0.3 is 5.97 Å². The number of nitro groups is 1. The molecule has 0 fully saturated rings. The van der Waals surface area contributed by atoms with E-state index in [1.807, 2.05) is 0 Å². The van der Waals surface area contributed by atoms with Crippen LogP contribution >= 0.6 is 0 Å². The Morgan fingerprint density at radius 3 is 2.43 bits per heavy atom. The summed E-state index contributed by atoms with van der Waals surface area (Å²) in [6.07, 6.45) is 0. The third-order valence-corrected chi connectivity index (χ3v) is 2.98. The SMILES string of the molecule is Cc1cc(OCc2ccc([N+](=O)[O-])cc2)ccc1C(=O)O. The van der Waals surface area contributed by atoms with Crippen LogP contribution in [0.15, 0.2) is 42.5 Å². The molecule has 0 radical (unpaired) electrons. The summed E-state index contributed by atoms with van der Waals surface area (Å²) in [6.45, 7) is 1.95. The predicted octanol–water partition coefficient (Wildman–Crippen LogP) is 3.18. The van der Waals surface area contributed by atoms with Gasteiger partial charge in [0.1, 0.15) is 12.4 Å². The zero-order valence-corrected chi connectivity index (χ0v) is 11.3. The summed E-state index contributed by atoms with van der Waals surface area (Å²) in [6, 6.07) is 10.8. The topological polar surface area (TPSA) is 89.7 Å². The van der Waals surface area contributed by atoms with Crippen molar-refractivity contribution in [1.82, 2.24) is 0 Å². The van der Waals surface area contributed by atoms with Crippen LogP contribution in [-0.4, -0.2) is 16.0 Å². The third-order valence-electron chi connectivity index (χ3n) is 2.98. The molecular formula is C15H13NO5. The Balaban J connectivity index is 2.04. The third kappa shape index (κ3) is 3.56. The number of hydrogen-bond acceptors (Lipinski definition) is 4. The largest absolute Gasteiger partial charge is 0.489 e. The van der Waals surface area contributed by atoms with Crippen molar-refractivity contribution >= 4 is 11.7 Å². The Morgan fingerprint density at radius 1 is 1.24 bits per heavy atom. The Morgan fingerprint density at radius 2 is 1.90 bits per heavy atom. The molecule has 0 saturated carbocycles. The summed E-state index contributed by atoms with van der Waals surface area (Å²) in [5.74, 6) is -0.426. The van der Waals surface area contributed by atoms with E-state index in [4.69, 9.17) is 9.84 Å². The average Bonchev–Trinajstić information content (AvgIpc) is 2.45. The van der Waals surface area contributed by atoms with Crippen LogP contribution in [0.2, 0.25) is 0 Å². The van der Waals surface area contributed by atoms with Crippen LogP contribution in [0.3, 0.4) is 0 Å². The first kappa shape index (κ1) is 14.5. The molecule has 21 heavy (non-hydrogen) atoms. The molecule has 0 aliphatic rings. The van der Waals surface area contributed by atoms with Crippen LogP contribution in [0.5, 0.6) is 5.75 Å². The number of carbonyl (C=O) groups is 1. The van der Waals surface area contributed by atoms with Gasteiger partial charge < -0.3 is 9.84 Å². The molecule has 0 bridgehead atoms. The van der Waals surface area contributed by atoms with Crippen molar-refractivity contribution in [3.05, 3.63) is 69.3 Å². The number of rotatable bonds is 5. The van der Waals surface area contributed by atoms with Crippen LogP contribution in [-0.2, 0) is 6.61 Å². The standard InChI is InChI=1S/C15H13NO5/c1-10-8-13(6-7-14(10)15(17)18)21-9-11-2-4-12(5-3-11)16(19)20/h2-8H,9H2,1H3,(H,17,18). The summed E-state index contributed by atoms with van der Waals surface area (Å²) in [4.78, 5) is 21.0. The van der Waals surface area contributed by atoms with Crippen LogP contribution in [0.4, 0.5) is 5.69 Å².